The Hall–Kier alpha value is -1.32. The normalized spacial score (nSPS) is 22.4. The molecule has 1 N–H and O–H groups in total. The van der Waals surface area contributed by atoms with Crippen molar-refractivity contribution in [3.05, 3.63) is 0 Å². The average Bonchev–Trinajstić information content (AvgIpc) is 2.36. The van der Waals surface area contributed by atoms with E-state index in [4.69, 9.17) is 15.1 Å². The van der Waals surface area contributed by atoms with Crippen LogP contribution in [0.25, 0.3) is 0 Å². The molecule has 128 valence electrons. The predicted molar refractivity (Wildman–Crippen MR) is 86.4 cm³/mol. The van der Waals surface area contributed by atoms with Crippen LogP contribution in [0.2, 0.25) is 0 Å². The molecular formula is C16H31N3O3. The number of hydrogen-bond donors (Lipinski definition) is 1. The number of aliphatic hydroxyl groups excluding tert-OH is 1. The number of rotatable bonds is 3. The number of carbonyl (C=O) groups excluding carboxylic acids is 1. The summed E-state index contributed by atoms with van der Waals surface area (Å²) in [5.74, 6) is 0. The molecule has 0 saturated carbocycles. The molecule has 0 spiro atoms. The van der Waals surface area contributed by atoms with Crippen molar-refractivity contribution in [1.29, 1.82) is 5.26 Å². The second kappa shape index (κ2) is 9.65. The van der Waals surface area contributed by atoms with Gasteiger partial charge in [0.25, 0.3) is 0 Å². The SMILES string of the molecule is CC#N.C[C@@H]1CN(C(=O)OC(C)(C)C)C[C@H](C)N1CCCO. The molecule has 0 aromatic rings. The highest BCUT2D eigenvalue weighted by Gasteiger charge is 2.33. The fourth-order valence-electron chi connectivity index (χ4n) is 2.53. The van der Waals surface area contributed by atoms with Crippen molar-refractivity contribution in [3.8, 4) is 6.07 Å². The van der Waals surface area contributed by atoms with Gasteiger partial charge in [0, 0.05) is 45.2 Å². The van der Waals surface area contributed by atoms with Crippen LogP contribution in [-0.4, -0.2) is 64.9 Å². The van der Waals surface area contributed by atoms with Gasteiger partial charge in [0.05, 0.1) is 6.07 Å². The topological polar surface area (TPSA) is 76.8 Å². The molecule has 1 heterocycles. The van der Waals surface area contributed by atoms with Crippen molar-refractivity contribution in [1.82, 2.24) is 9.80 Å². The van der Waals surface area contributed by atoms with Gasteiger partial charge in [-0.3, -0.25) is 4.90 Å². The highest BCUT2D eigenvalue weighted by Crippen LogP contribution is 2.18. The zero-order valence-corrected chi connectivity index (χ0v) is 14.8. The van der Waals surface area contributed by atoms with Crippen molar-refractivity contribution in [2.45, 2.75) is 65.6 Å². The quantitative estimate of drug-likeness (QED) is 0.864. The summed E-state index contributed by atoms with van der Waals surface area (Å²) in [6, 6.07) is 2.34. The largest absolute Gasteiger partial charge is 0.444 e. The van der Waals surface area contributed by atoms with Crippen LogP contribution in [0.3, 0.4) is 0 Å². The van der Waals surface area contributed by atoms with Crippen LogP contribution in [0.1, 0.15) is 48.0 Å². The van der Waals surface area contributed by atoms with E-state index in [1.54, 1.807) is 11.0 Å². The van der Waals surface area contributed by atoms with E-state index in [-0.39, 0.29) is 12.7 Å². The minimum absolute atomic E-state index is 0.214. The monoisotopic (exact) mass is 313 g/mol. The molecule has 0 aromatic heterocycles. The lowest BCUT2D eigenvalue weighted by Gasteiger charge is -2.44. The van der Waals surface area contributed by atoms with Crippen LogP contribution in [-0.2, 0) is 4.74 Å². The van der Waals surface area contributed by atoms with Gasteiger partial charge in [-0.1, -0.05) is 0 Å². The summed E-state index contributed by atoms with van der Waals surface area (Å²) in [6.07, 6.45) is 0.550. The molecule has 0 bridgehead atoms. The first kappa shape index (κ1) is 20.7. The Morgan fingerprint density at radius 1 is 1.32 bits per heavy atom. The molecular weight excluding hydrogens is 282 g/mol. The van der Waals surface area contributed by atoms with Gasteiger partial charge in [-0.15, -0.1) is 0 Å². The van der Waals surface area contributed by atoms with Crippen molar-refractivity contribution in [3.63, 3.8) is 0 Å². The molecule has 2 atom stereocenters. The van der Waals surface area contributed by atoms with E-state index in [1.807, 2.05) is 20.8 Å². The maximum atomic E-state index is 12.1. The third-order valence-corrected chi connectivity index (χ3v) is 3.33. The second-order valence-corrected chi connectivity index (χ2v) is 6.62. The van der Waals surface area contributed by atoms with E-state index in [2.05, 4.69) is 18.7 Å². The van der Waals surface area contributed by atoms with Crippen molar-refractivity contribution < 1.29 is 14.6 Å². The zero-order valence-electron chi connectivity index (χ0n) is 14.8. The van der Waals surface area contributed by atoms with Crippen LogP contribution in [0.5, 0.6) is 0 Å². The van der Waals surface area contributed by atoms with Gasteiger partial charge in [-0.05, 0) is 41.0 Å². The molecule has 0 unspecified atom stereocenters. The second-order valence-electron chi connectivity index (χ2n) is 6.62. The van der Waals surface area contributed by atoms with Gasteiger partial charge >= 0.3 is 6.09 Å². The Bertz CT molecular complexity index is 362. The lowest BCUT2D eigenvalue weighted by Crippen LogP contribution is -2.58. The first-order valence-electron chi connectivity index (χ1n) is 7.81. The molecule has 0 aliphatic carbocycles. The number of aliphatic hydroxyl groups is 1. The molecule has 6 heteroatoms. The Balaban J connectivity index is 0.00000135. The Labute approximate surface area is 134 Å². The van der Waals surface area contributed by atoms with E-state index in [0.717, 1.165) is 13.0 Å². The summed E-state index contributed by atoms with van der Waals surface area (Å²) in [5.41, 5.74) is -0.447. The lowest BCUT2D eigenvalue weighted by molar-refractivity contribution is -0.00862. The third kappa shape index (κ3) is 7.62. The standard InChI is InChI=1S/C14H28N2O3.C2H3N/c1-11-9-15(13(18)19-14(3,4)5)10-12(2)16(11)7-6-8-17;1-2-3/h11-12,17H,6-10H2,1-5H3;1H3/t11-,12+;. The number of nitriles is 1. The lowest BCUT2D eigenvalue weighted by atomic mass is 10.1. The first-order valence-corrected chi connectivity index (χ1v) is 7.81. The van der Waals surface area contributed by atoms with Gasteiger partial charge < -0.3 is 14.7 Å². The number of hydrogen-bond acceptors (Lipinski definition) is 5. The van der Waals surface area contributed by atoms with Gasteiger partial charge in [-0.2, -0.15) is 5.26 Å². The number of ether oxygens (including phenoxy) is 1. The van der Waals surface area contributed by atoms with E-state index < -0.39 is 5.60 Å². The van der Waals surface area contributed by atoms with Gasteiger partial charge in [0.1, 0.15) is 5.60 Å². The minimum Gasteiger partial charge on any atom is -0.444 e. The highest BCUT2D eigenvalue weighted by atomic mass is 16.6. The maximum absolute atomic E-state index is 12.1. The molecule has 6 nitrogen and oxygen atoms in total. The van der Waals surface area contributed by atoms with E-state index in [9.17, 15) is 4.79 Å². The van der Waals surface area contributed by atoms with Gasteiger partial charge in [-0.25, -0.2) is 4.79 Å². The Kier molecular flexibility index (Phi) is 9.07. The van der Waals surface area contributed by atoms with Crippen LogP contribution >= 0.6 is 0 Å². The summed E-state index contributed by atoms with van der Waals surface area (Å²) in [4.78, 5) is 16.2. The zero-order chi connectivity index (χ0) is 17.3. The van der Waals surface area contributed by atoms with E-state index >= 15 is 0 Å². The van der Waals surface area contributed by atoms with Crippen LogP contribution in [0, 0.1) is 11.3 Å². The molecule has 1 rings (SSSR count). The number of amides is 1. The van der Waals surface area contributed by atoms with Crippen LogP contribution in [0.4, 0.5) is 4.79 Å². The fraction of sp³-hybridized carbons (Fsp3) is 0.875. The molecule has 1 fully saturated rings. The molecule has 0 aromatic carbocycles. The predicted octanol–water partition coefficient (Wildman–Crippen LogP) is 2.23. The van der Waals surface area contributed by atoms with Crippen LogP contribution < -0.4 is 0 Å². The molecule has 22 heavy (non-hydrogen) atoms. The van der Waals surface area contributed by atoms with Crippen molar-refractivity contribution in [2.24, 2.45) is 0 Å². The third-order valence-electron chi connectivity index (χ3n) is 3.33. The summed E-state index contributed by atoms with van der Waals surface area (Å²) in [5, 5.41) is 16.2. The van der Waals surface area contributed by atoms with Crippen LogP contribution in [0.15, 0.2) is 0 Å². The highest BCUT2D eigenvalue weighted by molar-refractivity contribution is 5.68. The molecule has 1 aliphatic heterocycles. The molecule has 0 radical (unpaired) electrons. The van der Waals surface area contributed by atoms with E-state index in [1.165, 1.54) is 6.92 Å². The summed E-state index contributed by atoms with van der Waals surface area (Å²) >= 11 is 0. The van der Waals surface area contributed by atoms with Gasteiger partial charge in [0.2, 0.25) is 0 Å². The summed E-state index contributed by atoms with van der Waals surface area (Å²) < 4.78 is 5.42. The van der Waals surface area contributed by atoms with Gasteiger partial charge in [0.15, 0.2) is 0 Å². The van der Waals surface area contributed by atoms with Crippen molar-refractivity contribution in [2.75, 3.05) is 26.2 Å². The number of nitrogens with zero attached hydrogens (tertiary/aromatic N) is 3. The summed E-state index contributed by atoms with van der Waals surface area (Å²) in [6.45, 7) is 13.8. The first-order chi connectivity index (χ1) is 10.2. The summed E-state index contributed by atoms with van der Waals surface area (Å²) in [7, 11) is 0. The van der Waals surface area contributed by atoms with Crippen molar-refractivity contribution >= 4 is 6.09 Å². The molecule has 1 aliphatic rings. The number of carbonyl (C=O) groups is 1. The Morgan fingerprint density at radius 3 is 2.14 bits per heavy atom. The maximum Gasteiger partial charge on any atom is 0.410 e. The Morgan fingerprint density at radius 2 is 1.77 bits per heavy atom. The smallest absolute Gasteiger partial charge is 0.410 e. The number of piperazine rings is 1. The average molecular weight is 313 g/mol. The molecule has 1 saturated heterocycles. The fourth-order valence-corrected chi connectivity index (χ4v) is 2.53. The van der Waals surface area contributed by atoms with E-state index in [0.29, 0.717) is 25.2 Å². The minimum atomic E-state index is -0.447. The molecule has 1 amide bonds.